The Labute approximate surface area is 233 Å². The number of likely N-dealkylation sites (tertiary alicyclic amines) is 1. The average molecular weight is 575 g/mol. The van der Waals surface area contributed by atoms with E-state index < -0.39 is 58.9 Å². The Morgan fingerprint density at radius 2 is 2.00 bits per heavy atom. The first kappa shape index (κ1) is 27.3. The quantitative estimate of drug-likeness (QED) is 0.505. The van der Waals surface area contributed by atoms with E-state index in [4.69, 9.17) is 4.74 Å². The lowest BCUT2D eigenvalue weighted by Crippen LogP contribution is -2.69. The SMILES string of the molecule is CN(C(=O)[C@@H](NC(=O)C(F)(F)F)C12CC(C1)C2)[C@@H](CC1CC1)C(=O)N1C[C@@]2(C[C@H]1C#N)Oc1cccnc1NC2=O. The highest BCUT2D eigenvalue weighted by atomic mass is 19.4. The van der Waals surface area contributed by atoms with Crippen molar-refractivity contribution in [2.24, 2.45) is 17.3 Å². The lowest BCUT2D eigenvalue weighted by atomic mass is 9.41. The van der Waals surface area contributed by atoms with E-state index in [0.717, 1.165) is 17.7 Å². The van der Waals surface area contributed by atoms with Gasteiger partial charge in [-0.25, -0.2) is 4.98 Å². The van der Waals surface area contributed by atoms with Gasteiger partial charge in [0.05, 0.1) is 12.6 Å². The number of pyridine rings is 1. The summed E-state index contributed by atoms with van der Waals surface area (Å²) >= 11 is 0. The van der Waals surface area contributed by atoms with Crippen LogP contribution in [0.5, 0.6) is 5.75 Å². The van der Waals surface area contributed by atoms with Crippen LogP contribution in [0.15, 0.2) is 18.3 Å². The van der Waals surface area contributed by atoms with E-state index in [-0.39, 0.29) is 31.1 Å². The predicted molar refractivity (Wildman–Crippen MR) is 134 cm³/mol. The first-order valence-electron chi connectivity index (χ1n) is 13.7. The number of nitriles is 1. The minimum atomic E-state index is -5.16. The number of aromatic nitrogens is 1. The summed E-state index contributed by atoms with van der Waals surface area (Å²) in [6, 6.07) is 1.73. The van der Waals surface area contributed by atoms with Crippen molar-refractivity contribution < 1.29 is 37.1 Å². The number of amides is 4. The molecule has 0 radical (unpaired) electrons. The van der Waals surface area contributed by atoms with Crippen LogP contribution in [0, 0.1) is 28.6 Å². The topological polar surface area (TPSA) is 145 Å². The lowest BCUT2D eigenvalue weighted by Gasteiger charge is -2.65. The molecule has 5 fully saturated rings. The van der Waals surface area contributed by atoms with Gasteiger partial charge in [-0.2, -0.15) is 18.4 Å². The summed E-state index contributed by atoms with van der Waals surface area (Å²) in [4.78, 5) is 59.3. The van der Waals surface area contributed by atoms with Crippen LogP contribution in [-0.2, 0) is 19.2 Å². The standard InChI is InChI=1S/C27H29F3N6O5/c1-35(22(38)19(25-8-15(9-25)10-25)33-24(40)27(28,29)30)17(7-14-4-5-14)21(37)36-13-26(11-16(36)12-31)23(39)34-20-18(41-26)3-2-6-32-20/h2-3,6,14-17,19H,4-5,7-11,13H2,1H3,(H,33,40)(H,32,34,39)/t15?,16-,17-,19+,25?,26+/m0/s1. The third-order valence-electron chi connectivity index (χ3n) is 9.31. The monoisotopic (exact) mass is 574 g/mol. The molecule has 11 nitrogen and oxygen atoms in total. The Balaban J connectivity index is 1.25. The largest absolute Gasteiger partial charge is 0.472 e. The molecule has 218 valence electrons. The Morgan fingerprint density at radius 3 is 2.59 bits per heavy atom. The van der Waals surface area contributed by atoms with Crippen LogP contribution in [-0.4, -0.2) is 81.9 Å². The Kier molecular flexibility index (Phi) is 6.20. The maximum Gasteiger partial charge on any atom is 0.471 e. The first-order valence-corrected chi connectivity index (χ1v) is 13.7. The summed E-state index contributed by atoms with van der Waals surface area (Å²) in [5, 5.41) is 14.5. The molecule has 3 heterocycles. The van der Waals surface area contributed by atoms with Gasteiger partial charge in [-0.05, 0) is 49.7 Å². The number of ether oxygens (including phenoxy) is 1. The Morgan fingerprint density at radius 1 is 1.29 bits per heavy atom. The number of hydrogen-bond acceptors (Lipinski definition) is 7. The number of rotatable bonds is 7. The van der Waals surface area contributed by atoms with Gasteiger partial charge >= 0.3 is 12.1 Å². The molecule has 1 spiro atoms. The van der Waals surface area contributed by atoms with Crippen LogP contribution in [0.25, 0.3) is 0 Å². The average Bonchev–Trinajstić information content (AvgIpc) is 3.62. The van der Waals surface area contributed by atoms with Crippen LogP contribution in [0.2, 0.25) is 0 Å². The molecule has 1 aromatic rings. The molecule has 1 saturated heterocycles. The van der Waals surface area contributed by atoms with Crippen molar-refractivity contribution in [3.63, 3.8) is 0 Å². The van der Waals surface area contributed by atoms with E-state index in [0.29, 0.717) is 30.9 Å². The molecule has 6 aliphatic rings. The fourth-order valence-electron chi connectivity index (χ4n) is 6.73. The second-order valence-corrected chi connectivity index (χ2v) is 12.1. The first-order chi connectivity index (χ1) is 19.4. The molecule has 2 aliphatic heterocycles. The van der Waals surface area contributed by atoms with Gasteiger partial charge < -0.3 is 25.2 Å². The van der Waals surface area contributed by atoms with Crippen molar-refractivity contribution >= 4 is 29.4 Å². The summed E-state index contributed by atoms with van der Waals surface area (Å²) < 4.78 is 45.5. The van der Waals surface area contributed by atoms with Crippen molar-refractivity contribution in [2.45, 2.75) is 74.8 Å². The number of alkyl halides is 3. The van der Waals surface area contributed by atoms with Gasteiger partial charge in [0.15, 0.2) is 11.6 Å². The summed E-state index contributed by atoms with van der Waals surface area (Å²) in [5.74, 6) is -3.15. The number of carbonyl (C=O) groups excluding carboxylic acids is 4. The third-order valence-corrected chi connectivity index (χ3v) is 9.31. The molecule has 1 aromatic heterocycles. The maximum absolute atomic E-state index is 14.1. The molecular weight excluding hydrogens is 545 g/mol. The molecule has 2 N–H and O–H groups in total. The minimum absolute atomic E-state index is 0.113. The highest BCUT2D eigenvalue weighted by molar-refractivity contribution is 6.01. The highest BCUT2D eigenvalue weighted by Gasteiger charge is 2.64. The van der Waals surface area contributed by atoms with Gasteiger partial charge in [-0.15, -0.1) is 0 Å². The van der Waals surface area contributed by atoms with Crippen LogP contribution < -0.4 is 15.4 Å². The number of nitrogens with one attached hydrogen (secondary N) is 2. The van der Waals surface area contributed by atoms with Crippen LogP contribution in [0.1, 0.15) is 44.9 Å². The van der Waals surface area contributed by atoms with Crippen LogP contribution in [0.4, 0.5) is 19.0 Å². The van der Waals surface area contributed by atoms with Crippen molar-refractivity contribution in [1.29, 1.82) is 5.26 Å². The molecule has 4 aliphatic carbocycles. The molecule has 2 bridgehead atoms. The van der Waals surface area contributed by atoms with E-state index in [1.807, 2.05) is 5.32 Å². The van der Waals surface area contributed by atoms with Crippen molar-refractivity contribution in [2.75, 3.05) is 18.9 Å². The molecule has 0 unspecified atom stereocenters. The highest BCUT2D eigenvalue weighted by Crippen LogP contribution is 2.66. The molecular formula is C27H29F3N6O5. The zero-order chi connectivity index (χ0) is 29.3. The molecule has 4 saturated carbocycles. The fraction of sp³-hybridized carbons (Fsp3) is 0.630. The number of carbonyl (C=O) groups is 4. The molecule has 4 amide bonds. The number of fused-ring (bicyclic) bond motifs is 1. The Hall–Kier alpha value is -3.89. The van der Waals surface area contributed by atoms with E-state index in [2.05, 4.69) is 16.4 Å². The van der Waals surface area contributed by atoms with E-state index in [1.165, 1.54) is 18.1 Å². The minimum Gasteiger partial charge on any atom is -0.472 e. The van der Waals surface area contributed by atoms with Gasteiger partial charge in [-0.1, -0.05) is 12.8 Å². The van der Waals surface area contributed by atoms with Gasteiger partial charge in [0.25, 0.3) is 5.91 Å². The summed E-state index contributed by atoms with van der Waals surface area (Å²) in [6.07, 6.45) is -0.299. The Bertz CT molecular complexity index is 1340. The molecule has 4 atom stereocenters. The van der Waals surface area contributed by atoms with Gasteiger partial charge in [0, 0.05) is 25.1 Å². The second-order valence-electron chi connectivity index (χ2n) is 12.1. The predicted octanol–water partition coefficient (Wildman–Crippen LogP) is 1.75. The number of likely N-dealkylation sites (N-methyl/N-ethyl adjacent to an activating group) is 1. The maximum atomic E-state index is 14.1. The number of halogens is 3. The smallest absolute Gasteiger partial charge is 0.471 e. The number of anilines is 1. The normalized spacial score (nSPS) is 30.9. The summed E-state index contributed by atoms with van der Waals surface area (Å²) in [7, 11) is 1.35. The molecule has 0 aromatic carbocycles. The van der Waals surface area contributed by atoms with Gasteiger partial charge in [0.1, 0.15) is 18.1 Å². The van der Waals surface area contributed by atoms with Crippen molar-refractivity contribution in [1.82, 2.24) is 20.1 Å². The van der Waals surface area contributed by atoms with Crippen LogP contribution >= 0.6 is 0 Å². The van der Waals surface area contributed by atoms with Gasteiger partial charge in [0.2, 0.25) is 17.4 Å². The third kappa shape index (κ3) is 4.55. The lowest BCUT2D eigenvalue weighted by molar-refractivity contribution is -0.187. The van der Waals surface area contributed by atoms with E-state index in [9.17, 15) is 37.6 Å². The molecule has 41 heavy (non-hydrogen) atoms. The van der Waals surface area contributed by atoms with Crippen LogP contribution in [0.3, 0.4) is 0 Å². The second kappa shape index (κ2) is 9.32. The van der Waals surface area contributed by atoms with Crippen molar-refractivity contribution in [3.8, 4) is 11.8 Å². The zero-order valence-electron chi connectivity index (χ0n) is 22.2. The molecule has 7 rings (SSSR count). The number of hydrogen-bond donors (Lipinski definition) is 2. The van der Waals surface area contributed by atoms with Crippen molar-refractivity contribution in [3.05, 3.63) is 18.3 Å². The van der Waals surface area contributed by atoms with E-state index >= 15 is 0 Å². The number of nitrogens with zero attached hydrogens (tertiary/aromatic N) is 4. The van der Waals surface area contributed by atoms with E-state index in [1.54, 1.807) is 12.1 Å². The zero-order valence-corrected chi connectivity index (χ0v) is 22.2. The summed E-state index contributed by atoms with van der Waals surface area (Å²) in [5.41, 5.74) is -2.31. The fourth-order valence-corrected chi connectivity index (χ4v) is 6.73. The molecule has 14 heteroatoms. The summed E-state index contributed by atoms with van der Waals surface area (Å²) in [6.45, 7) is -0.257. The van der Waals surface area contributed by atoms with Gasteiger partial charge in [-0.3, -0.25) is 19.2 Å².